The molecule has 0 saturated carbocycles. The fourth-order valence-corrected chi connectivity index (χ4v) is 3.86. The maximum atomic E-state index is 14.3. The predicted octanol–water partition coefficient (Wildman–Crippen LogP) is 4.93. The Bertz CT molecular complexity index is 1020. The van der Waals surface area contributed by atoms with Gasteiger partial charge in [0.05, 0.1) is 0 Å². The number of carbonyl (C=O) groups excluding carboxylic acids is 2. The number of hydrogen-bond donors (Lipinski definition) is 0. The average Bonchev–Trinajstić information content (AvgIpc) is 3.44. The van der Waals surface area contributed by atoms with E-state index >= 15 is 0 Å². The van der Waals surface area contributed by atoms with E-state index in [9.17, 15) is 35.9 Å². The molecule has 2 atom stereocenters. The zero-order valence-electron chi connectivity index (χ0n) is 18.6. The summed E-state index contributed by atoms with van der Waals surface area (Å²) in [5, 5.41) is 0. The monoisotopic (exact) mass is 536 g/mol. The minimum Gasteiger partial charge on any atom is -0.490 e. The molecule has 200 valence electrons. The first-order valence-corrected chi connectivity index (χ1v) is 10.7. The zero-order chi connectivity index (χ0) is 26.8. The van der Waals surface area contributed by atoms with Gasteiger partial charge in [0.2, 0.25) is 5.41 Å². The van der Waals surface area contributed by atoms with Gasteiger partial charge in [-0.2, -0.15) is 26.3 Å². The number of halogens is 6. The van der Waals surface area contributed by atoms with Gasteiger partial charge in [-0.15, -0.1) is 0 Å². The van der Waals surface area contributed by atoms with Crippen molar-refractivity contribution < 1.29 is 64.4 Å². The van der Waals surface area contributed by atoms with Crippen LogP contribution in [0.3, 0.4) is 0 Å². The standard InChI is InChI=1S/C23H18F6O8/c24-22(25,26)21(23(27,28)29,13-1-5-15(6-2-13)32-9-17-11-34-19(30)36-17)14-3-7-16(8-4-14)33-10-18-12-35-20(31)37-18/h1-8,17-18H,9-12H2. The van der Waals surface area contributed by atoms with Gasteiger partial charge in [-0.3, -0.25) is 0 Å². The summed E-state index contributed by atoms with van der Waals surface area (Å²) in [6.45, 7) is -0.603. The second kappa shape index (κ2) is 9.90. The molecular formula is C23H18F6O8. The van der Waals surface area contributed by atoms with Crippen LogP contribution in [0.4, 0.5) is 35.9 Å². The summed E-state index contributed by atoms with van der Waals surface area (Å²) >= 11 is 0. The van der Waals surface area contributed by atoms with Crippen LogP contribution < -0.4 is 9.47 Å². The average molecular weight is 536 g/mol. The summed E-state index contributed by atoms with van der Waals surface area (Å²) in [5.41, 5.74) is -6.53. The van der Waals surface area contributed by atoms with Crippen LogP contribution >= 0.6 is 0 Å². The third-order valence-electron chi connectivity index (χ3n) is 5.60. The zero-order valence-corrected chi connectivity index (χ0v) is 18.6. The minimum absolute atomic E-state index is 0.0368. The van der Waals surface area contributed by atoms with Crippen LogP contribution in [-0.4, -0.2) is 63.3 Å². The van der Waals surface area contributed by atoms with Crippen molar-refractivity contribution in [2.45, 2.75) is 30.0 Å². The van der Waals surface area contributed by atoms with Gasteiger partial charge >= 0.3 is 24.7 Å². The quantitative estimate of drug-likeness (QED) is 0.347. The van der Waals surface area contributed by atoms with E-state index in [4.69, 9.17) is 18.9 Å². The van der Waals surface area contributed by atoms with E-state index in [2.05, 4.69) is 9.47 Å². The highest BCUT2D eigenvalue weighted by atomic mass is 19.4. The molecule has 2 aromatic carbocycles. The molecule has 0 aromatic heterocycles. The van der Waals surface area contributed by atoms with Gasteiger partial charge in [-0.05, 0) is 35.4 Å². The Hall–Kier alpha value is -3.84. The lowest BCUT2D eigenvalue weighted by Crippen LogP contribution is -2.54. The maximum Gasteiger partial charge on any atom is 0.508 e. The summed E-state index contributed by atoms with van der Waals surface area (Å²) in [6.07, 6.45) is -14.9. The molecule has 8 nitrogen and oxygen atoms in total. The molecule has 0 aliphatic carbocycles. The summed E-state index contributed by atoms with van der Waals surface area (Å²) in [6, 6.07) is 6.53. The number of ether oxygens (including phenoxy) is 6. The molecule has 0 radical (unpaired) electrons. The molecule has 37 heavy (non-hydrogen) atoms. The van der Waals surface area contributed by atoms with Gasteiger partial charge in [-0.1, -0.05) is 24.3 Å². The first kappa shape index (κ1) is 26.2. The number of rotatable bonds is 8. The molecule has 0 spiro atoms. The van der Waals surface area contributed by atoms with Gasteiger partial charge in [0.15, 0.2) is 12.2 Å². The highest BCUT2D eigenvalue weighted by Gasteiger charge is 2.72. The van der Waals surface area contributed by atoms with Crippen LogP contribution in [0.5, 0.6) is 11.5 Å². The van der Waals surface area contributed by atoms with Crippen molar-refractivity contribution >= 4 is 12.3 Å². The Kier molecular flexibility index (Phi) is 7.02. The number of carbonyl (C=O) groups is 2. The second-order valence-corrected chi connectivity index (χ2v) is 8.02. The molecule has 14 heteroatoms. The van der Waals surface area contributed by atoms with E-state index in [-0.39, 0.29) is 37.9 Å². The second-order valence-electron chi connectivity index (χ2n) is 8.02. The molecule has 2 aliphatic rings. The van der Waals surface area contributed by atoms with E-state index in [0.717, 1.165) is 24.3 Å². The van der Waals surface area contributed by atoms with E-state index in [1.807, 2.05) is 0 Å². The van der Waals surface area contributed by atoms with Crippen LogP contribution in [0.2, 0.25) is 0 Å². The topological polar surface area (TPSA) is 89.5 Å². The van der Waals surface area contributed by atoms with Crippen molar-refractivity contribution in [3.8, 4) is 11.5 Å². The third-order valence-corrected chi connectivity index (χ3v) is 5.60. The molecule has 2 aliphatic heterocycles. The van der Waals surface area contributed by atoms with E-state index < -0.39 is 53.4 Å². The van der Waals surface area contributed by atoms with Crippen molar-refractivity contribution in [1.82, 2.24) is 0 Å². The van der Waals surface area contributed by atoms with Gasteiger partial charge in [0, 0.05) is 0 Å². The molecule has 2 saturated heterocycles. The van der Waals surface area contributed by atoms with Gasteiger partial charge in [0.1, 0.15) is 37.9 Å². The molecule has 0 N–H and O–H groups in total. The lowest BCUT2D eigenvalue weighted by atomic mass is 9.73. The molecule has 2 fully saturated rings. The SMILES string of the molecule is O=C1OCC(COc2ccc(C(c3ccc(OCC4COC(=O)O4)cc3)(C(F)(F)F)C(F)(F)F)cc2)O1. The van der Waals surface area contributed by atoms with Crippen molar-refractivity contribution in [3.05, 3.63) is 59.7 Å². The third kappa shape index (κ3) is 5.32. The lowest BCUT2D eigenvalue weighted by molar-refractivity contribution is -0.288. The fraction of sp³-hybridized carbons (Fsp3) is 0.391. The van der Waals surface area contributed by atoms with Crippen molar-refractivity contribution in [2.75, 3.05) is 26.4 Å². The summed E-state index contributed by atoms with van der Waals surface area (Å²) < 4.78 is 115. The van der Waals surface area contributed by atoms with Crippen molar-refractivity contribution in [2.24, 2.45) is 0 Å². The van der Waals surface area contributed by atoms with Crippen LogP contribution in [-0.2, 0) is 24.4 Å². The maximum absolute atomic E-state index is 14.3. The Labute approximate surface area is 204 Å². The Morgan fingerprint density at radius 2 is 1.00 bits per heavy atom. The van der Waals surface area contributed by atoms with Crippen molar-refractivity contribution in [3.63, 3.8) is 0 Å². The van der Waals surface area contributed by atoms with Gasteiger partial charge in [-0.25, -0.2) is 9.59 Å². The normalized spacial score (nSPS) is 20.1. The number of hydrogen-bond acceptors (Lipinski definition) is 8. The van der Waals surface area contributed by atoms with Crippen LogP contribution in [0.25, 0.3) is 0 Å². The van der Waals surface area contributed by atoms with E-state index in [1.165, 1.54) is 0 Å². The Balaban J connectivity index is 1.58. The van der Waals surface area contributed by atoms with Crippen molar-refractivity contribution in [1.29, 1.82) is 0 Å². The number of benzene rings is 2. The lowest BCUT2D eigenvalue weighted by Gasteiger charge is -2.38. The Morgan fingerprint density at radius 3 is 1.27 bits per heavy atom. The fourth-order valence-electron chi connectivity index (χ4n) is 3.86. The summed E-state index contributed by atoms with van der Waals surface area (Å²) in [7, 11) is 0. The molecule has 2 heterocycles. The predicted molar refractivity (Wildman–Crippen MR) is 109 cm³/mol. The molecule has 0 bridgehead atoms. The van der Waals surface area contributed by atoms with Gasteiger partial charge in [0.25, 0.3) is 0 Å². The largest absolute Gasteiger partial charge is 0.508 e. The minimum atomic E-state index is -5.78. The Morgan fingerprint density at radius 1 is 0.649 bits per heavy atom. The van der Waals surface area contributed by atoms with E-state index in [1.54, 1.807) is 0 Å². The molecule has 0 amide bonds. The number of alkyl halides is 6. The summed E-state index contributed by atoms with van der Waals surface area (Å²) in [5.74, 6) is -0.0735. The van der Waals surface area contributed by atoms with Crippen LogP contribution in [0.15, 0.2) is 48.5 Å². The molecule has 2 aromatic rings. The van der Waals surface area contributed by atoms with Crippen LogP contribution in [0.1, 0.15) is 11.1 Å². The number of cyclic esters (lactones) is 4. The molecular weight excluding hydrogens is 518 g/mol. The van der Waals surface area contributed by atoms with E-state index in [0.29, 0.717) is 24.3 Å². The molecule has 4 rings (SSSR count). The molecule has 2 unspecified atom stereocenters. The highest BCUT2D eigenvalue weighted by molar-refractivity contribution is 5.62. The summed E-state index contributed by atoms with van der Waals surface area (Å²) in [4.78, 5) is 21.9. The first-order chi connectivity index (χ1) is 17.4. The highest BCUT2D eigenvalue weighted by Crippen LogP contribution is 2.56. The smallest absolute Gasteiger partial charge is 0.490 e. The van der Waals surface area contributed by atoms with Crippen LogP contribution in [0, 0.1) is 0 Å². The first-order valence-electron chi connectivity index (χ1n) is 10.7. The van der Waals surface area contributed by atoms with Gasteiger partial charge < -0.3 is 28.4 Å².